The Hall–Kier alpha value is -1.26. The van der Waals surface area contributed by atoms with E-state index in [1.807, 2.05) is 24.3 Å². The molecule has 4 heteroatoms. The normalized spacial score (nSPS) is 30.7. The van der Waals surface area contributed by atoms with Crippen molar-refractivity contribution in [1.29, 1.82) is 0 Å². The first-order valence-electron chi connectivity index (χ1n) is 7.17. The maximum Gasteiger partial charge on any atom is 0.229 e. The molecule has 1 amide bonds. The third-order valence-corrected chi connectivity index (χ3v) is 5.22. The molecule has 2 aliphatic carbocycles. The van der Waals surface area contributed by atoms with Crippen molar-refractivity contribution in [3.63, 3.8) is 0 Å². The lowest BCUT2D eigenvalue weighted by atomic mass is 9.88. The number of nitrogens with one attached hydrogen (secondary N) is 1. The Morgan fingerprint density at radius 3 is 2.80 bits per heavy atom. The summed E-state index contributed by atoms with van der Waals surface area (Å²) >= 11 is 1.74. The summed E-state index contributed by atoms with van der Waals surface area (Å²) in [6, 6.07) is 7.93. The highest BCUT2D eigenvalue weighted by Crippen LogP contribution is 2.43. The molecular weight excluding hydrogens is 268 g/mol. The van der Waals surface area contributed by atoms with Gasteiger partial charge in [-0.3, -0.25) is 4.79 Å². The minimum absolute atomic E-state index is 0.0315. The van der Waals surface area contributed by atoms with Crippen LogP contribution in [-0.2, 0) is 4.79 Å². The fourth-order valence-corrected chi connectivity index (χ4v) is 4.06. The van der Waals surface area contributed by atoms with Crippen LogP contribution in [0.4, 0.5) is 5.69 Å². The number of allylic oxidation sites excluding steroid dienone is 1. The molecule has 1 aromatic carbocycles. The number of hydrogen-bond acceptors (Lipinski definition) is 3. The Bertz CT molecular complexity index is 543. The highest BCUT2D eigenvalue weighted by molar-refractivity contribution is 7.99. The van der Waals surface area contributed by atoms with Gasteiger partial charge in [-0.05, 0) is 36.1 Å². The number of carbonyl (C=O) groups is 1. The first-order valence-corrected chi connectivity index (χ1v) is 8.16. The van der Waals surface area contributed by atoms with Gasteiger partial charge in [0.05, 0.1) is 11.6 Å². The van der Waals surface area contributed by atoms with E-state index < -0.39 is 0 Å². The van der Waals surface area contributed by atoms with Crippen LogP contribution in [0.5, 0.6) is 0 Å². The fraction of sp³-hybridized carbons (Fsp3) is 0.438. The first-order chi connectivity index (χ1) is 9.70. The third kappa shape index (κ3) is 2.38. The SMILES string of the molecule is CCSc1ccccc1NC(=O)[C@H]1[C@@H](N)[C@H]2C=C[C@@H]1C2. The van der Waals surface area contributed by atoms with Crippen LogP contribution in [0.3, 0.4) is 0 Å². The molecule has 0 heterocycles. The monoisotopic (exact) mass is 288 g/mol. The average Bonchev–Trinajstić information content (AvgIpc) is 3.02. The molecule has 4 atom stereocenters. The van der Waals surface area contributed by atoms with Crippen LogP contribution in [0, 0.1) is 17.8 Å². The smallest absolute Gasteiger partial charge is 0.229 e. The van der Waals surface area contributed by atoms with Gasteiger partial charge in [0.25, 0.3) is 0 Å². The summed E-state index contributed by atoms with van der Waals surface area (Å²) in [6.45, 7) is 2.11. The zero-order valence-electron chi connectivity index (χ0n) is 11.6. The van der Waals surface area contributed by atoms with E-state index in [0.29, 0.717) is 11.8 Å². The van der Waals surface area contributed by atoms with E-state index in [-0.39, 0.29) is 17.9 Å². The molecule has 0 aromatic heterocycles. The number of para-hydroxylation sites is 1. The number of hydrogen-bond donors (Lipinski definition) is 2. The van der Waals surface area contributed by atoms with Crippen molar-refractivity contribution in [2.75, 3.05) is 11.1 Å². The van der Waals surface area contributed by atoms with Crippen LogP contribution in [0.15, 0.2) is 41.3 Å². The largest absolute Gasteiger partial charge is 0.326 e. The lowest BCUT2D eigenvalue weighted by molar-refractivity contribution is -0.120. The van der Waals surface area contributed by atoms with Crippen LogP contribution in [-0.4, -0.2) is 17.7 Å². The number of fused-ring (bicyclic) bond motifs is 2. The van der Waals surface area contributed by atoms with Gasteiger partial charge >= 0.3 is 0 Å². The van der Waals surface area contributed by atoms with Gasteiger partial charge in [0.15, 0.2) is 0 Å². The van der Waals surface area contributed by atoms with Gasteiger partial charge in [-0.25, -0.2) is 0 Å². The molecule has 0 unspecified atom stereocenters. The van der Waals surface area contributed by atoms with E-state index in [4.69, 9.17) is 5.73 Å². The van der Waals surface area contributed by atoms with Crippen molar-refractivity contribution in [2.45, 2.75) is 24.3 Å². The number of amides is 1. The fourth-order valence-electron chi connectivity index (χ4n) is 3.30. The Labute approximate surface area is 124 Å². The minimum Gasteiger partial charge on any atom is -0.326 e. The van der Waals surface area contributed by atoms with Crippen molar-refractivity contribution in [2.24, 2.45) is 23.5 Å². The van der Waals surface area contributed by atoms with E-state index in [9.17, 15) is 4.79 Å². The summed E-state index contributed by atoms with van der Waals surface area (Å²) in [5.74, 6) is 1.68. The van der Waals surface area contributed by atoms with Crippen LogP contribution < -0.4 is 11.1 Å². The second-order valence-corrected chi connectivity index (χ2v) is 6.78. The average molecular weight is 288 g/mol. The molecule has 0 radical (unpaired) electrons. The van der Waals surface area contributed by atoms with Gasteiger partial charge < -0.3 is 11.1 Å². The van der Waals surface area contributed by atoms with E-state index in [1.54, 1.807) is 11.8 Å². The van der Waals surface area contributed by atoms with Gasteiger partial charge in [0.2, 0.25) is 5.91 Å². The second kappa shape index (κ2) is 5.62. The molecule has 1 saturated carbocycles. The van der Waals surface area contributed by atoms with E-state index in [0.717, 1.165) is 22.8 Å². The Kier molecular flexibility index (Phi) is 3.85. The standard InChI is InChI=1S/C16H20N2OS/c1-2-20-13-6-4-3-5-12(13)18-16(19)14-10-7-8-11(9-10)15(14)17/h3-8,10-11,14-15H,2,9,17H2,1H3,(H,18,19)/t10-,11+,14-,15+/m1/s1. The number of anilines is 1. The molecule has 0 spiro atoms. The van der Waals surface area contributed by atoms with E-state index in [2.05, 4.69) is 24.4 Å². The predicted molar refractivity (Wildman–Crippen MR) is 83.7 cm³/mol. The maximum atomic E-state index is 12.5. The zero-order chi connectivity index (χ0) is 14.1. The number of thioether (sulfide) groups is 1. The van der Waals surface area contributed by atoms with Gasteiger partial charge in [-0.2, -0.15) is 0 Å². The molecule has 1 fully saturated rings. The number of rotatable bonds is 4. The lowest BCUT2D eigenvalue weighted by Gasteiger charge is -2.24. The summed E-state index contributed by atoms with van der Waals surface area (Å²) in [5.41, 5.74) is 7.10. The van der Waals surface area contributed by atoms with Crippen LogP contribution in [0.1, 0.15) is 13.3 Å². The van der Waals surface area contributed by atoms with Gasteiger partial charge in [0.1, 0.15) is 0 Å². The van der Waals surface area contributed by atoms with E-state index >= 15 is 0 Å². The van der Waals surface area contributed by atoms with E-state index in [1.165, 1.54) is 0 Å². The maximum absolute atomic E-state index is 12.5. The number of nitrogens with two attached hydrogens (primary N) is 1. The summed E-state index contributed by atoms with van der Waals surface area (Å²) in [7, 11) is 0. The number of benzene rings is 1. The van der Waals surface area contributed by atoms with Gasteiger partial charge in [0, 0.05) is 10.9 Å². The zero-order valence-corrected chi connectivity index (χ0v) is 12.4. The molecule has 1 aromatic rings. The van der Waals surface area contributed by atoms with Crippen LogP contribution >= 0.6 is 11.8 Å². The van der Waals surface area contributed by atoms with Crippen molar-refractivity contribution < 1.29 is 4.79 Å². The Morgan fingerprint density at radius 2 is 2.10 bits per heavy atom. The molecule has 3 nitrogen and oxygen atoms in total. The second-order valence-electron chi connectivity index (χ2n) is 5.47. The molecule has 3 rings (SSSR count). The van der Waals surface area contributed by atoms with Gasteiger partial charge in [-0.1, -0.05) is 31.2 Å². The Balaban J connectivity index is 1.75. The predicted octanol–water partition coefficient (Wildman–Crippen LogP) is 2.89. The molecule has 2 bridgehead atoms. The summed E-state index contributed by atoms with van der Waals surface area (Å²) in [5, 5.41) is 3.08. The highest BCUT2D eigenvalue weighted by Gasteiger charge is 2.46. The lowest BCUT2D eigenvalue weighted by Crippen LogP contribution is -2.41. The van der Waals surface area contributed by atoms with Gasteiger partial charge in [-0.15, -0.1) is 11.8 Å². The van der Waals surface area contributed by atoms with Crippen molar-refractivity contribution in [3.05, 3.63) is 36.4 Å². The summed E-state index contributed by atoms with van der Waals surface area (Å²) < 4.78 is 0. The molecule has 2 aliphatic rings. The van der Waals surface area contributed by atoms with Crippen molar-refractivity contribution in [3.8, 4) is 0 Å². The molecule has 0 saturated heterocycles. The molecule has 3 N–H and O–H groups in total. The summed E-state index contributed by atoms with van der Waals surface area (Å²) in [6.07, 6.45) is 5.36. The summed E-state index contributed by atoms with van der Waals surface area (Å²) in [4.78, 5) is 13.7. The molecule has 106 valence electrons. The van der Waals surface area contributed by atoms with Crippen molar-refractivity contribution >= 4 is 23.4 Å². The van der Waals surface area contributed by atoms with Crippen molar-refractivity contribution in [1.82, 2.24) is 0 Å². The quantitative estimate of drug-likeness (QED) is 0.661. The molecule has 20 heavy (non-hydrogen) atoms. The topological polar surface area (TPSA) is 55.1 Å². The highest BCUT2D eigenvalue weighted by atomic mass is 32.2. The molecular formula is C16H20N2OS. The van der Waals surface area contributed by atoms with Crippen LogP contribution in [0.25, 0.3) is 0 Å². The van der Waals surface area contributed by atoms with Crippen LogP contribution in [0.2, 0.25) is 0 Å². The minimum atomic E-state index is -0.0790. The Morgan fingerprint density at radius 1 is 1.35 bits per heavy atom. The molecule has 0 aliphatic heterocycles. The first kappa shape index (κ1) is 13.7. The number of carbonyl (C=O) groups excluding carboxylic acids is 1. The third-order valence-electron chi connectivity index (χ3n) is 4.27.